The summed E-state index contributed by atoms with van der Waals surface area (Å²) in [7, 11) is 1.49. The number of aliphatic carboxylic acids is 1. The third kappa shape index (κ3) is 4.30. The maximum Gasteiger partial charge on any atom is 0.335 e. The van der Waals surface area contributed by atoms with Crippen molar-refractivity contribution >= 4 is 35.6 Å². The summed E-state index contributed by atoms with van der Waals surface area (Å²) in [5, 5.41) is 12.9. The highest BCUT2D eigenvalue weighted by atomic mass is 16.5. The van der Waals surface area contributed by atoms with Crippen LogP contribution in [0, 0.1) is 0 Å². The number of amides is 4. The van der Waals surface area contributed by atoms with Crippen molar-refractivity contribution in [3.05, 3.63) is 59.7 Å². The third-order valence-electron chi connectivity index (χ3n) is 4.27. The molecule has 0 aliphatic carbocycles. The lowest BCUT2D eigenvalue weighted by molar-refractivity contribution is -0.312. The average Bonchev–Trinajstić information content (AvgIpc) is 2.72. The van der Waals surface area contributed by atoms with E-state index in [1.807, 2.05) is 0 Å². The highest BCUT2D eigenvalue weighted by Crippen LogP contribution is 2.24. The Morgan fingerprint density at radius 1 is 1.03 bits per heavy atom. The van der Waals surface area contributed by atoms with Crippen molar-refractivity contribution in [3.63, 3.8) is 0 Å². The van der Waals surface area contributed by atoms with E-state index in [0.717, 1.165) is 4.90 Å². The van der Waals surface area contributed by atoms with Crippen LogP contribution in [0.1, 0.15) is 12.5 Å². The molecule has 2 aromatic rings. The standard InChI is InChI=1S/C21H18N2O7/c1-12(20(26)27)30-16-7-3-13(4-8-16)11-17-18(24)22-21(28)23(19(17)25)14-5-9-15(29-2)10-6-14/h3-12H,1-2H3,(H,26,27)(H,22,24,28)/p-1/b17-11+/t12-/m0/s1. The highest BCUT2D eigenvalue weighted by Gasteiger charge is 2.36. The first-order valence-electron chi connectivity index (χ1n) is 8.83. The van der Waals surface area contributed by atoms with Crippen LogP contribution >= 0.6 is 0 Å². The van der Waals surface area contributed by atoms with Crippen LogP contribution in [0.25, 0.3) is 6.08 Å². The summed E-state index contributed by atoms with van der Waals surface area (Å²) in [6.45, 7) is 1.33. The van der Waals surface area contributed by atoms with Gasteiger partial charge in [-0.05, 0) is 55.0 Å². The second-order valence-electron chi connectivity index (χ2n) is 6.30. The number of barbiturate groups is 1. The Morgan fingerprint density at radius 2 is 1.63 bits per heavy atom. The van der Waals surface area contributed by atoms with Gasteiger partial charge in [-0.1, -0.05) is 12.1 Å². The second-order valence-corrected chi connectivity index (χ2v) is 6.30. The van der Waals surface area contributed by atoms with Gasteiger partial charge in [-0.3, -0.25) is 14.9 Å². The molecular weight excluding hydrogens is 392 g/mol. The molecule has 9 heteroatoms. The number of benzene rings is 2. The Labute approximate surface area is 171 Å². The first-order chi connectivity index (χ1) is 14.3. The summed E-state index contributed by atoms with van der Waals surface area (Å²) in [5.74, 6) is -2.12. The van der Waals surface area contributed by atoms with Gasteiger partial charge < -0.3 is 19.4 Å². The molecule has 154 valence electrons. The van der Waals surface area contributed by atoms with Gasteiger partial charge in [0.25, 0.3) is 11.8 Å². The van der Waals surface area contributed by atoms with Crippen molar-refractivity contribution in [2.45, 2.75) is 13.0 Å². The average molecular weight is 409 g/mol. The van der Waals surface area contributed by atoms with Crippen molar-refractivity contribution in [3.8, 4) is 11.5 Å². The lowest BCUT2D eigenvalue weighted by atomic mass is 10.1. The predicted molar refractivity (Wildman–Crippen MR) is 104 cm³/mol. The van der Waals surface area contributed by atoms with Crippen LogP contribution in [0.15, 0.2) is 54.1 Å². The van der Waals surface area contributed by atoms with Crippen molar-refractivity contribution in [1.29, 1.82) is 0 Å². The number of rotatable bonds is 6. The zero-order chi connectivity index (χ0) is 21.8. The van der Waals surface area contributed by atoms with Crippen LogP contribution < -0.4 is 24.8 Å². The molecular formula is C21H17N2O7-. The molecule has 30 heavy (non-hydrogen) atoms. The number of ether oxygens (including phenoxy) is 2. The Kier molecular flexibility index (Phi) is 5.82. The van der Waals surface area contributed by atoms with Gasteiger partial charge in [0, 0.05) is 0 Å². The lowest BCUT2D eigenvalue weighted by Crippen LogP contribution is -2.54. The summed E-state index contributed by atoms with van der Waals surface area (Å²) >= 11 is 0. The molecule has 4 amide bonds. The maximum atomic E-state index is 12.8. The van der Waals surface area contributed by atoms with Gasteiger partial charge >= 0.3 is 6.03 Å². The first kappa shape index (κ1) is 20.6. The smallest absolute Gasteiger partial charge is 0.335 e. The minimum atomic E-state index is -1.35. The van der Waals surface area contributed by atoms with E-state index in [-0.39, 0.29) is 17.0 Å². The number of carbonyl (C=O) groups is 4. The molecule has 1 aliphatic rings. The SMILES string of the molecule is COc1ccc(N2C(=O)NC(=O)/C(=C\c3ccc(O[C@@H](C)C(=O)[O-])cc3)C2=O)cc1. The second kappa shape index (κ2) is 8.48. The Balaban J connectivity index is 1.85. The van der Waals surface area contributed by atoms with Gasteiger partial charge in [0.1, 0.15) is 23.2 Å². The van der Waals surface area contributed by atoms with E-state index < -0.39 is 29.9 Å². The normalized spacial score (nSPS) is 16.3. The monoisotopic (exact) mass is 409 g/mol. The molecule has 1 heterocycles. The largest absolute Gasteiger partial charge is 0.546 e. The minimum Gasteiger partial charge on any atom is -0.546 e. The van der Waals surface area contributed by atoms with Crippen LogP contribution in [-0.2, 0) is 14.4 Å². The molecule has 9 nitrogen and oxygen atoms in total. The number of hydrogen-bond donors (Lipinski definition) is 1. The van der Waals surface area contributed by atoms with Gasteiger partial charge in [0.2, 0.25) is 0 Å². The minimum absolute atomic E-state index is 0.234. The number of nitrogens with zero attached hydrogens (tertiary/aromatic N) is 1. The lowest BCUT2D eigenvalue weighted by Gasteiger charge is -2.26. The summed E-state index contributed by atoms with van der Waals surface area (Å²) in [4.78, 5) is 48.9. The number of carboxylic acid groups (broad SMARTS) is 1. The summed E-state index contributed by atoms with van der Waals surface area (Å²) in [6.07, 6.45) is 0.191. The van der Waals surface area contributed by atoms with Crippen LogP contribution in [0.5, 0.6) is 11.5 Å². The molecule has 2 aromatic carbocycles. The number of imide groups is 2. The van der Waals surface area contributed by atoms with Gasteiger partial charge in [-0.25, -0.2) is 9.69 Å². The number of carbonyl (C=O) groups excluding carboxylic acids is 4. The van der Waals surface area contributed by atoms with E-state index in [9.17, 15) is 24.3 Å². The molecule has 3 rings (SSSR count). The number of urea groups is 1. The number of carboxylic acids is 1. The Bertz CT molecular complexity index is 1030. The van der Waals surface area contributed by atoms with E-state index in [1.54, 1.807) is 24.3 Å². The molecule has 0 bridgehead atoms. The molecule has 0 aromatic heterocycles. The van der Waals surface area contributed by atoms with Gasteiger partial charge in [0.15, 0.2) is 0 Å². The van der Waals surface area contributed by atoms with E-state index in [4.69, 9.17) is 9.47 Å². The van der Waals surface area contributed by atoms with Gasteiger partial charge in [0.05, 0.1) is 18.8 Å². The number of anilines is 1. The predicted octanol–water partition coefficient (Wildman–Crippen LogP) is 0.879. The highest BCUT2D eigenvalue weighted by molar-refractivity contribution is 6.39. The van der Waals surface area contributed by atoms with Crippen molar-refractivity contribution in [1.82, 2.24) is 5.32 Å². The van der Waals surface area contributed by atoms with E-state index in [2.05, 4.69) is 5.32 Å². The van der Waals surface area contributed by atoms with E-state index >= 15 is 0 Å². The first-order valence-corrected chi connectivity index (χ1v) is 8.83. The quantitative estimate of drug-likeness (QED) is 0.554. The van der Waals surface area contributed by atoms with Crippen LogP contribution in [0.2, 0.25) is 0 Å². The third-order valence-corrected chi connectivity index (χ3v) is 4.27. The van der Waals surface area contributed by atoms with Crippen molar-refractivity contribution < 1.29 is 33.8 Å². The van der Waals surface area contributed by atoms with Crippen LogP contribution in [0.4, 0.5) is 10.5 Å². The fraction of sp³-hybridized carbons (Fsp3) is 0.143. The summed E-state index contributed by atoms with van der Waals surface area (Å²) < 4.78 is 10.2. The number of hydrogen-bond acceptors (Lipinski definition) is 7. The van der Waals surface area contributed by atoms with Gasteiger partial charge in [-0.15, -0.1) is 0 Å². The molecule has 0 unspecified atom stereocenters. The van der Waals surface area contributed by atoms with Crippen molar-refractivity contribution in [2.24, 2.45) is 0 Å². The van der Waals surface area contributed by atoms with Crippen LogP contribution in [-0.4, -0.2) is 37.0 Å². The maximum absolute atomic E-state index is 12.8. The Hall–Kier alpha value is -4.14. The topological polar surface area (TPSA) is 125 Å². The van der Waals surface area contributed by atoms with Crippen LogP contribution in [0.3, 0.4) is 0 Å². The summed E-state index contributed by atoms with van der Waals surface area (Å²) in [5.41, 5.74) is 0.518. The molecule has 1 aliphatic heterocycles. The van der Waals surface area contributed by atoms with Crippen molar-refractivity contribution in [2.75, 3.05) is 12.0 Å². The molecule has 1 fully saturated rings. The molecule has 0 radical (unpaired) electrons. The summed E-state index contributed by atoms with van der Waals surface area (Å²) in [6, 6.07) is 11.4. The zero-order valence-corrected chi connectivity index (χ0v) is 16.1. The molecule has 0 saturated carbocycles. The zero-order valence-electron chi connectivity index (χ0n) is 16.1. The molecule has 1 saturated heterocycles. The Morgan fingerprint density at radius 3 is 2.20 bits per heavy atom. The number of nitrogens with one attached hydrogen (secondary N) is 1. The molecule has 1 atom stereocenters. The molecule has 0 spiro atoms. The number of methoxy groups -OCH3 is 1. The van der Waals surface area contributed by atoms with E-state index in [0.29, 0.717) is 11.3 Å². The van der Waals surface area contributed by atoms with Gasteiger partial charge in [-0.2, -0.15) is 0 Å². The fourth-order valence-electron chi connectivity index (χ4n) is 2.68. The molecule has 1 N–H and O–H groups in total. The van der Waals surface area contributed by atoms with E-state index in [1.165, 1.54) is 44.4 Å². The fourth-order valence-corrected chi connectivity index (χ4v) is 2.68.